The Hall–Kier alpha value is -4.77. The van der Waals surface area contributed by atoms with Crippen molar-refractivity contribution >= 4 is 17.7 Å². The minimum atomic E-state index is -2.04. The third-order valence-corrected chi connectivity index (χ3v) is 7.22. The number of hydrogen-bond donors (Lipinski definition) is 1. The first-order chi connectivity index (χ1) is 20.5. The van der Waals surface area contributed by atoms with Crippen molar-refractivity contribution in [2.45, 2.75) is 45.7 Å². The SMILES string of the molecule is CCOC(=O)C1(C(=O)C=C=O)c2c(nc(CC)n2Cc2ccc(-c3ccccc3-c3nn[nH]n3)cc2)CCN1OCC. The van der Waals surface area contributed by atoms with Crippen LogP contribution < -0.4 is 0 Å². The smallest absolute Gasteiger partial charge is 0.343 e. The van der Waals surface area contributed by atoms with Crippen LogP contribution in [-0.4, -0.2) is 72.7 Å². The predicted octanol–water partition coefficient (Wildman–Crippen LogP) is 2.87. The number of aromatic nitrogens is 6. The molecule has 1 unspecified atom stereocenters. The van der Waals surface area contributed by atoms with E-state index in [0.717, 1.165) is 28.3 Å². The zero-order valence-corrected chi connectivity index (χ0v) is 23.7. The summed E-state index contributed by atoms with van der Waals surface area (Å²) in [6.07, 6.45) is 1.73. The third kappa shape index (κ3) is 4.96. The number of nitrogens with zero attached hydrogens (tertiary/aromatic N) is 6. The zero-order chi connectivity index (χ0) is 29.7. The van der Waals surface area contributed by atoms with Crippen molar-refractivity contribution in [1.82, 2.24) is 35.2 Å². The van der Waals surface area contributed by atoms with E-state index in [9.17, 15) is 14.4 Å². The molecule has 3 heterocycles. The first-order valence-corrected chi connectivity index (χ1v) is 13.8. The van der Waals surface area contributed by atoms with Gasteiger partial charge >= 0.3 is 5.97 Å². The number of carbonyl (C=O) groups is 2. The molecule has 1 atom stereocenters. The summed E-state index contributed by atoms with van der Waals surface area (Å²) in [5.74, 6) is 1.12. The molecule has 2 aromatic heterocycles. The fraction of sp³-hybridized carbons (Fsp3) is 0.333. The Kier molecular flexibility index (Phi) is 8.48. The number of tetrazole rings is 1. The molecule has 0 bridgehead atoms. The number of ketones is 1. The van der Waals surface area contributed by atoms with Crippen LogP contribution in [0, 0.1) is 0 Å². The van der Waals surface area contributed by atoms with Crippen molar-refractivity contribution in [1.29, 1.82) is 0 Å². The molecule has 5 rings (SSSR count). The molecule has 42 heavy (non-hydrogen) atoms. The van der Waals surface area contributed by atoms with Gasteiger partial charge in [0.05, 0.1) is 30.7 Å². The molecule has 0 saturated heterocycles. The van der Waals surface area contributed by atoms with Gasteiger partial charge in [0, 0.05) is 31.5 Å². The number of aryl methyl sites for hydroxylation is 1. The number of H-pyrrole nitrogens is 1. The first kappa shape index (κ1) is 28.7. The van der Waals surface area contributed by atoms with Crippen LogP contribution in [0.5, 0.6) is 0 Å². The van der Waals surface area contributed by atoms with E-state index < -0.39 is 17.3 Å². The van der Waals surface area contributed by atoms with Crippen molar-refractivity contribution in [3.8, 4) is 22.5 Å². The second-order valence-electron chi connectivity index (χ2n) is 9.57. The van der Waals surface area contributed by atoms with Gasteiger partial charge in [-0.25, -0.2) is 14.6 Å². The number of nitrogens with one attached hydrogen (secondary N) is 1. The number of aromatic amines is 1. The second-order valence-corrected chi connectivity index (χ2v) is 9.57. The Balaban J connectivity index is 1.61. The van der Waals surface area contributed by atoms with Crippen molar-refractivity contribution < 1.29 is 24.0 Å². The van der Waals surface area contributed by atoms with Gasteiger partial charge in [0.2, 0.25) is 17.1 Å². The van der Waals surface area contributed by atoms with Crippen molar-refractivity contribution in [2.24, 2.45) is 0 Å². The molecule has 1 aliphatic rings. The number of fused-ring (bicyclic) bond motifs is 1. The normalized spacial score (nSPS) is 16.5. The lowest BCUT2D eigenvalue weighted by molar-refractivity contribution is -0.233. The maximum Gasteiger partial charge on any atom is 0.343 e. The van der Waals surface area contributed by atoms with Gasteiger partial charge in [-0.2, -0.15) is 10.3 Å². The summed E-state index contributed by atoms with van der Waals surface area (Å²) in [6.45, 7) is 6.16. The molecule has 1 aliphatic heterocycles. The Morgan fingerprint density at radius 3 is 2.48 bits per heavy atom. The maximum absolute atomic E-state index is 13.7. The van der Waals surface area contributed by atoms with Crippen LogP contribution in [0.3, 0.4) is 0 Å². The van der Waals surface area contributed by atoms with E-state index in [4.69, 9.17) is 14.6 Å². The molecule has 2 aromatic carbocycles. The van der Waals surface area contributed by atoms with E-state index in [1.165, 1.54) is 5.06 Å². The fourth-order valence-electron chi connectivity index (χ4n) is 5.49. The predicted molar refractivity (Wildman–Crippen MR) is 151 cm³/mol. The van der Waals surface area contributed by atoms with Crippen LogP contribution in [0.2, 0.25) is 0 Å². The van der Waals surface area contributed by atoms with Crippen LogP contribution in [0.15, 0.2) is 54.6 Å². The van der Waals surface area contributed by atoms with Crippen LogP contribution >= 0.6 is 0 Å². The van der Waals surface area contributed by atoms with Crippen LogP contribution in [0.25, 0.3) is 22.5 Å². The molecule has 0 amide bonds. The molecule has 12 nitrogen and oxygen atoms in total. The maximum atomic E-state index is 13.7. The number of ether oxygens (including phenoxy) is 1. The Bertz CT molecular complexity index is 1620. The molecule has 0 saturated carbocycles. The second kappa shape index (κ2) is 12.4. The van der Waals surface area contributed by atoms with Gasteiger partial charge in [-0.05, 0) is 35.8 Å². The molecular formula is C30H31N7O5. The van der Waals surface area contributed by atoms with E-state index in [0.29, 0.717) is 42.4 Å². The summed E-state index contributed by atoms with van der Waals surface area (Å²) in [4.78, 5) is 49.5. The van der Waals surface area contributed by atoms with E-state index in [1.54, 1.807) is 19.8 Å². The molecule has 0 aliphatic carbocycles. The van der Waals surface area contributed by atoms with Gasteiger partial charge in [-0.3, -0.25) is 9.63 Å². The highest BCUT2D eigenvalue weighted by molar-refractivity contribution is 6.16. The average Bonchev–Trinajstić information content (AvgIpc) is 3.67. The molecule has 0 radical (unpaired) electrons. The van der Waals surface area contributed by atoms with E-state index in [-0.39, 0.29) is 19.8 Å². The summed E-state index contributed by atoms with van der Waals surface area (Å²) in [6, 6.07) is 15.7. The lowest BCUT2D eigenvalue weighted by atomic mass is 9.84. The summed E-state index contributed by atoms with van der Waals surface area (Å²) in [5, 5.41) is 15.8. The number of imidazole rings is 1. The van der Waals surface area contributed by atoms with E-state index >= 15 is 0 Å². The average molecular weight is 570 g/mol. The topological polar surface area (TPSA) is 145 Å². The van der Waals surface area contributed by atoms with Crippen LogP contribution in [0.4, 0.5) is 0 Å². The zero-order valence-electron chi connectivity index (χ0n) is 23.7. The van der Waals surface area contributed by atoms with Gasteiger partial charge in [-0.15, -0.1) is 10.2 Å². The molecule has 216 valence electrons. The standard InChI is InChI=1S/C30H31N7O5/c1-4-26-31-24-15-17-37(42-6-3)30(25(39)16-18-38,29(40)41-5-2)27(24)36(26)19-20-11-13-21(14-12-20)22-9-7-8-10-23(22)28-32-34-35-33-28/h7-14,16H,4-6,15,17,19H2,1-3H3,(H,32,33,34,35). The number of carbonyl (C=O) groups excluding carboxylic acids is 3. The molecule has 0 fully saturated rings. The minimum absolute atomic E-state index is 0.0372. The van der Waals surface area contributed by atoms with E-state index in [1.807, 2.05) is 60.0 Å². The Labute approximate surface area is 242 Å². The van der Waals surface area contributed by atoms with Gasteiger partial charge in [0.25, 0.3) is 0 Å². The third-order valence-electron chi connectivity index (χ3n) is 7.22. The highest BCUT2D eigenvalue weighted by Gasteiger charge is 2.59. The Morgan fingerprint density at radius 2 is 1.83 bits per heavy atom. The van der Waals surface area contributed by atoms with E-state index in [2.05, 4.69) is 20.6 Å². The van der Waals surface area contributed by atoms with Crippen molar-refractivity contribution in [2.75, 3.05) is 19.8 Å². The Morgan fingerprint density at radius 1 is 1.07 bits per heavy atom. The monoisotopic (exact) mass is 569 g/mol. The van der Waals surface area contributed by atoms with Gasteiger partial charge in [-0.1, -0.05) is 55.5 Å². The highest BCUT2D eigenvalue weighted by atomic mass is 16.7. The number of rotatable bonds is 11. The highest BCUT2D eigenvalue weighted by Crippen LogP contribution is 2.40. The number of hydrogen-bond acceptors (Lipinski definition) is 10. The summed E-state index contributed by atoms with van der Waals surface area (Å²) < 4.78 is 7.32. The van der Waals surface area contributed by atoms with Gasteiger partial charge in [0.15, 0.2) is 0 Å². The van der Waals surface area contributed by atoms with Crippen molar-refractivity contribution in [3.63, 3.8) is 0 Å². The lowest BCUT2D eigenvalue weighted by Crippen LogP contribution is -2.61. The molecular weight excluding hydrogens is 538 g/mol. The lowest BCUT2D eigenvalue weighted by Gasteiger charge is -2.42. The molecule has 4 aromatic rings. The minimum Gasteiger partial charge on any atom is -0.464 e. The first-order valence-electron chi connectivity index (χ1n) is 13.8. The summed E-state index contributed by atoms with van der Waals surface area (Å²) in [5.41, 5.74) is 2.55. The van der Waals surface area contributed by atoms with Gasteiger partial charge in [0.1, 0.15) is 11.8 Å². The largest absolute Gasteiger partial charge is 0.464 e. The van der Waals surface area contributed by atoms with Crippen LogP contribution in [-0.2, 0) is 48.9 Å². The van der Waals surface area contributed by atoms with Crippen molar-refractivity contribution in [3.05, 3.63) is 77.4 Å². The van der Waals surface area contributed by atoms with Gasteiger partial charge < -0.3 is 9.30 Å². The molecule has 12 heteroatoms. The molecule has 1 N–H and O–H groups in total. The quantitative estimate of drug-likeness (QED) is 0.124. The van der Waals surface area contributed by atoms with Crippen LogP contribution in [0.1, 0.15) is 43.5 Å². The number of benzene rings is 2. The fourth-order valence-corrected chi connectivity index (χ4v) is 5.49. The molecule has 0 spiro atoms. The summed E-state index contributed by atoms with van der Waals surface area (Å²) in [7, 11) is 0. The number of hydroxylamine groups is 2. The number of esters is 1. The summed E-state index contributed by atoms with van der Waals surface area (Å²) >= 11 is 0.